The molecule has 0 amide bonds. The molecular weight excluding hydrogens is 418 g/mol. The molecule has 0 unspecified atom stereocenters. The first-order valence-corrected chi connectivity index (χ1v) is 6.10. The van der Waals surface area contributed by atoms with E-state index in [1.807, 2.05) is 0 Å². The summed E-state index contributed by atoms with van der Waals surface area (Å²) < 4.78 is 0. The highest BCUT2D eigenvalue weighted by Crippen LogP contribution is 2.38. The molecule has 0 aliphatic heterocycles. The summed E-state index contributed by atoms with van der Waals surface area (Å²) in [6.07, 6.45) is -5.20. The number of hydrogen-bond acceptors (Lipinski definition) is 14. The molecule has 0 aliphatic rings. The van der Waals surface area contributed by atoms with Crippen molar-refractivity contribution >= 4 is 11.6 Å². The van der Waals surface area contributed by atoms with Gasteiger partial charge in [-0.2, -0.15) is 0 Å². The highest BCUT2D eigenvalue weighted by atomic mass is 35.5. The molecule has 21 nitrogen and oxygen atoms in total. The summed E-state index contributed by atoms with van der Waals surface area (Å²) in [5, 5.41) is 75.9. The lowest BCUT2D eigenvalue weighted by Gasteiger charge is -2.19. The Balaban J connectivity index is 6.71. The first kappa shape index (κ1) is 23.1. The van der Waals surface area contributed by atoms with Crippen molar-refractivity contribution in [3.63, 3.8) is 0 Å². The molecule has 0 N–H and O–H groups in total. The van der Waals surface area contributed by atoms with Crippen molar-refractivity contribution in [2.75, 3.05) is 0 Å². The van der Waals surface area contributed by atoms with E-state index in [4.69, 9.17) is 11.6 Å². The average Bonchev–Trinajstić information content (AvgIpc) is 2.47. The summed E-state index contributed by atoms with van der Waals surface area (Å²) in [7, 11) is 0. The van der Waals surface area contributed by atoms with Crippen molar-refractivity contribution in [3.05, 3.63) is 70.8 Å². The highest BCUT2D eigenvalue weighted by Gasteiger charge is 2.83. The predicted molar refractivity (Wildman–Crippen MR) is 72.2 cm³/mol. The van der Waals surface area contributed by atoms with Gasteiger partial charge >= 0.3 is 16.6 Å². The van der Waals surface area contributed by atoms with Gasteiger partial charge < -0.3 is 0 Å². The molecule has 0 fully saturated rings. The number of nitro groups is 7. The van der Waals surface area contributed by atoms with Crippen LogP contribution >= 0.6 is 11.6 Å². The van der Waals surface area contributed by atoms with E-state index in [0.717, 1.165) is 0 Å². The fourth-order valence-electron chi connectivity index (χ4n) is 1.71. The molecule has 0 bridgehead atoms. The summed E-state index contributed by atoms with van der Waals surface area (Å²) >= 11 is 5.18. The largest absolute Gasteiger partial charge is 0.708 e. The van der Waals surface area contributed by atoms with E-state index in [1.54, 1.807) is 0 Å². The van der Waals surface area contributed by atoms with Gasteiger partial charge in [0.15, 0.2) is 29.5 Å². The van der Waals surface area contributed by atoms with E-state index >= 15 is 0 Å². The summed E-state index contributed by atoms with van der Waals surface area (Å²) in [6, 6.07) is 0. The summed E-state index contributed by atoms with van der Waals surface area (Å²) in [5.41, 5.74) is 0. The maximum atomic E-state index is 11.1. The molecule has 0 radical (unpaired) electrons. The molecule has 0 saturated heterocycles. The Kier molecular flexibility index (Phi) is 6.11. The van der Waals surface area contributed by atoms with Crippen LogP contribution in [0.4, 0.5) is 0 Å². The van der Waals surface area contributed by atoms with Gasteiger partial charge in [0.1, 0.15) is 0 Å². The monoisotopic (exact) mass is 421 g/mol. The van der Waals surface area contributed by atoms with Crippen LogP contribution in [-0.4, -0.2) is 51.0 Å². The third kappa shape index (κ3) is 3.55. The lowest BCUT2D eigenvalue weighted by molar-refractivity contribution is -0.981. The van der Waals surface area contributed by atoms with E-state index in [-0.39, 0.29) is 0 Å². The number of rotatable bonds is 11. The molecule has 0 heterocycles. The fourth-order valence-corrected chi connectivity index (χ4v) is 2.06. The van der Waals surface area contributed by atoms with Crippen LogP contribution in [0.3, 0.4) is 0 Å². The third-order valence-corrected chi connectivity index (χ3v) is 3.50. The molecule has 22 heteroatoms. The molecule has 27 heavy (non-hydrogen) atoms. The van der Waals surface area contributed by atoms with Crippen molar-refractivity contribution in [3.8, 4) is 0 Å². The first-order chi connectivity index (χ1) is 12.0. The van der Waals surface area contributed by atoms with Crippen LogP contribution in [0.25, 0.3) is 0 Å². The summed E-state index contributed by atoms with van der Waals surface area (Å²) in [5.74, 6) is -9.35. The number of alkyl halides is 1. The Bertz CT molecular complexity index is 624. The predicted octanol–water partition coefficient (Wildman–Crippen LogP) is -1.05. The molecule has 0 aromatic carbocycles. The smallest absolute Gasteiger partial charge is 0.263 e. The molecule has 0 spiro atoms. The molecule has 150 valence electrons. The van der Waals surface area contributed by atoms with Crippen LogP contribution in [-0.2, 0) is 0 Å². The van der Waals surface area contributed by atoms with Crippen LogP contribution in [0, 0.1) is 70.8 Å². The molecule has 0 atom stereocenters. The Hall–Kier alpha value is -3.91. The van der Waals surface area contributed by atoms with Crippen molar-refractivity contribution in [2.45, 2.75) is 29.4 Å². The van der Waals surface area contributed by atoms with Crippen LogP contribution in [0.1, 0.15) is 12.8 Å². The maximum Gasteiger partial charge on any atom is 0.708 e. The minimum Gasteiger partial charge on any atom is -0.263 e. The van der Waals surface area contributed by atoms with Gasteiger partial charge in [-0.3, -0.25) is 70.8 Å². The van der Waals surface area contributed by atoms with Crippen LogP contribution in [0.5, 0.6) is 0 Å². The minimum atomic E-state index is -4.68. The summed E-state index contributed by atoms with van der Waals surface area (Å²) in [6.45, 7) is 0. The number of hydrogen-bond donors (Lipinski definition) is 0. The zero-order chi connectivity index (χ0) is 22.0. The molecule has 0 aliphatic carbocycles. The summed E-state index contributed by atoms with van der Waals surface area (Å²) in [4.78, 5) is 56.3. The van der Waals surface area contributed by atoms with E-state index in [9.17, 15) is 70.8 Å². The van der Waals surface area contributed by atoms with Gasteiger partial charge in [-0.25, -0.2) is 0 Å². The number of nitrogens with zero attached hydrogens (tertiary/aromatic N) is 7. The highest BCUT2D eigenvalue weighted by molar-refractivity contribution is 6.22. The standard InChI is InChI=1S/C5H4ClN7O14/c6-3(7(14)15,1-4(8(16)17,9(18)19)10(20)21)2-5(11(22)23,12(24)25)13(26)27/h1-2H2. The van der Waals surface area contributed by atoms with Gasteiger partial charge in [-0.1, -0.05) is 0 Å². The van der Waals surface area contributed by atoms with Gasteiger partial charge in [0.25, 0.3) is 12.8 Å². The van der Waals surface area contributed by atoms with E-state index in [2.05, 4.69) is 0 Å². The van der Waals surface area contributed by atoms with Gasteiger partial charge in [0, 0.05) is 4.92 Å². The van der Waals surface area contributed by atoms with Gasteiger partial charge in [0.2, 0.25) is 0 Å². The lowest BCUT2D eigenvalue weighted by atomic mass is 10.0. The second-order valence-corrected chi connectivity index (χ2v) is 5.32. The Labute approximate surface area is 147 Å². The second kappa shape index (κ2) is 7.14. The molecular formula is C5H4ClN7O14. The van der Waals surface area contributed by atoms with E-state index in [1.165, 1.54) is 0 Å². The van der Waals surface area contributed by atoms with E-state index in [0.29, 0.717) is 0 Å². The van der Waals surface area contributed by atoms with Crippen LogP contribution < -0.4 is 0 Å². The zero-order valence-corrected chi connectivity index (χ0v) is 12.9. The Morgan fingerprint density at radius 2 is 0.667 bits per heavy atom. The van der Waals surface area contributed by atoms with Crippen molar-refractivity contribution in [1.29, 1.82) is 0 Å². The fraction of sp³-hybridized carbons (Fsp3) is 1.00. The van der Waals surface area contributed by atoms with Gasteiger partial charge in [-0.15, -0.1) is 0 Å². The first-order valence-electron chi connectivity index (χ1n) is 5.72. The van der Waals surface area contributed by atoms with Gasteiger partial charge in [0.05, 0.1) is 0 Å². The SMILES string of the molecule is O=[N+]([O-])C(Cl)(CC([N+](=O)[O-])([N+](=O)[O-])[N+](=O)[O-])CC([N+](=O)[O-])([N+](=O)[O-])[N+](=O)[O-]. The second-order valence-electron chi connectivity index (χ2n) is 4.62. The van der Waals surface area contributed by atoms with Gasteiger partial charge in [-0.05, 0) is 11.6 Å². The molecule has 0 aromatic heterocycles. The van der Waals surface area contributed by atoms with E-state index < -0.39 is 63.9 Å². The maximum absolute atomic E-state index is 11.1. The molecule has 0 rings (SSSR count). The topological polar surface area (TPSA) is 302 Å². The zero-order valence-electron chi connectivity index (χ0n) is 12.1. The van der Waals surface area contributed by atoms with Crippen LogP contribution in [0.15, 0.2) is 0 Å². The quantitative estimate of drug-likeness (QED) is 0.126. The molecule has 0 aromatic rings. The lowest BCUT2D eigenvalue weighted by Crippen LogP contribution is -2.62. The van der Waals surface area contributed by atoms with Crippen LogP contribution in [0.2, 0.25) is 0 Å². The normalized spacial score (nSPS) is 12.0. The van der Waals surface area contributed by atoms with Crippen molar-refractivity contribution < 1.29 is 34.5 Å². The Morgan fingerprint density at radius 1 is 0.481 bits per heavy atom. The Morgan fingerprint density at radius 3 is 0.778 bits per heavy atom. The average molecular weight is 422 g/mol. The number of halogens is 1. The van der Waals surface area contributed by atoms with Crippen molar-refractivity contribution in [2.24, 2.45) is 0 Å². The minimum absolute atomic E-state index is 2.01. The third-order valence-electron chi connectivity index (χ3n) is 3.10. The van der Waals surface area contributed by atoms with Crippen molar-refractivity contribution in [1.82, 2.24) is 0 Å². The molecule has 0 saturated carbocycles.